The molecule has 0 amide bonds. The van der Waals surface area contributed by atoms with Gasteiger partial charge >= 0.3 is 0 Å². The lowest BCUT2D eigenvalue weighted by Crippen LogP contribution is -2.09. The van der Waals surface area contributed by atoms with Crippen molar-refractivity contribution in [3.63, 3.8) is 0 Å². The van der Waals surface area contributed by atoms with Crippen molar-refractivity contribution >= 4 is 81.1 Å². The van der Waals surface area contributed by atoms with E-state index in [9.17, 15) is 0 Å². The van der Waals surface area contributed by atoms with Crippen molar-refractivity contribution in [1.82, 2.24) is 4.57 Å². The van der Waals surface area contributed by atoms with Crippen LogP contribution >= 0.6 is 11.3 Å². The van der Waals surface area contributed by atoms with Crippen molar-refractivity contribution in [3.8, 4) is 39.1 Å². The molecular formula is C58H38N2S. The Morgan fingerprint density at radius 2 is 0.803 bits per heavy atom. The topological polar surface area (TPSA) is 8.17 Å². The number of aromatic nitrogens is 1. The molecule has 286 valence electrons. The first-order chi connectivity index (χ1) is 30.2. The fraction of sp³-hybridized carbons (Fsp3) is 0. The van der Waals surface area contributed by atoms with Crippen LogP contribution in [0.25, 0.3) is 91.8 Å². The second-order valence-electron chi connectivity index (χ2n) is 15.7. The Kier molecular flexibility index (Phi) is 8.39. The van der Waals surface area contributed by atoms with Crippen molar-refractivity contribution in [2.24, 2.45) is 0 Å². The second kappa shape index (κ2) is 14.5. The van der Waals surface area contributed by atoms with Gasteiger partial charge in [-0.3, -0.25) is 0 Å². The van der Waals surface area contributed by atoms with Crippen LogP contribution in [0.2, 0.25) is 0 Å². The SMILES string of the molecule is c1ccc(-n2c3ccccc3c3ccccc32)c(-c2ccc(-c3ccc(N(c4ccc(-c5ccc6ccccc6c5)cc4)c4ccc5sc6ccccc6c5c4)cc3)cc2)c1. The summed E-state index contributed by atoms with van der Waals surface area (Å²) in [4.78, 5) is 2.38. The van der Waals surface area contributed by atoms with Gasteiger partial charge < -0.3 is 9.47 Å². The molecule has 0 unspecified atom stereocenters. The smallest absolute Gasteiger partial charge is 0.0541 e. The first-order valence-corrected chi connectivity index (χ1v) is 21.6. The molecule has 0 aliphatic rings. The molecule has 0 spiro atoms. The van der Waals surface area contributed by atoms with Crippen LogP contribution < -0.4 is 4.90 Å². The van der Waals surface area contributed by atoms with E-state index in [4.69, 9.17) is 0 Å². The summed E-state index contributed by atoms with van der Waals surface area (Å²) in [5.41, 5.74) is 14.1. The molecule has 0 aliphatic carbocycles. The van der Waals surface area contributed by atoms with Crippen LogP contribution in [0.15, 0.2) is 231 Å². The molecule has 0 radical (unpaired) electrons. The van der Waals surface area contributed by atoms with E-state index in [1.807, 2.05) is 11.3 Å². The van der Waals surface area contributed by atoms with Crippen LogP contribution in [0.5, 0.6) is 0 Å². The number of thiophene rings is 1. The Labute approximate surface area is 358 Å². The molecule has 0 bridgehead atoms. The lowest BCUT2D eigenvalue weighted by Gasteiger charge is -2.26. The number of nitrogens with zero attached hydrogens (tertiary/aromatic N) is 2. The normalized spacial score (nSPS) is 11.6. The van der Waals surface area contributed by atoms with Gasteiger partial charge in [0.25, 0.3) is 0 Å². The Morgan fingerprint density at radius 3 is 1.51 bits per heavy atom. The highest BCUT2D eigenvalue weighted by atomic mass is 32.1. The van der Waals surface area contributed by atoms with E-state index >= 15 is 0 Å². The van der Waals surface area contributed by atoms with Crippen LogP contribution in [0, 0.1) is 0 Å². The van der Waals surface area contributed by atoms with Gasteiger partial charge in [0, 0.05) is 53.6 Å². The van der Waals surface area contributed by atoms with Gasteiger partial charge in [0.1, 0.15) is 0 Å². The highest BCUT2D eigenvalue weighted by Crippen LogP contribution is 2.42. The number of para-hydroxylation sites is 3. The molecule has 0 saturated carbocycles. The van der Waals surface area contributed by atoms with Crippen LogP contribution in [-0.2, 0) is 0 Å². The van der Waals surface area contributed by atoms with Crippen LogP contribution in [0.3, 0.4) is 0 Å². The Balaban J connectivity index is 0.901. The fourth-order valence-corrected chi connectivity index (χ4v) is 10.3. The van der Waals surface area contributed by atoms with Crippen LogP contribution in [0.1, 0.15) is 0 Å². The third kappa shape index (κ3) is 6.09. The molecule has 0 fully saturated rings. The van der Waals surface area contributed by atoms with E-state index < -0.39 is 0 Å². The minimum Gasteiger partial charge on any atom is -0.310 e. The summed E-state index contributed by atoms with van der Waals surface area (Å²) in [6.45, 7) is 0. The quantitative estimate of drug-likeness (QED) is 0.156. The molecule has 2 heterocycles. The number of hydrogen-bond donors (Lipinski definition) is 0. The van der Waals surface area contributed by atoms with Crippen LogP contribution in [-0.4, -0.2) is 4.57 Å². The number of fused-ring (bicyclic) bond motifs is 7. The van der Waals surface area contributed by atoms with Gasteiger partial charge in [-0.25, -0.2) is 0 Å². The monoisotopic (exact) mass is 794 g/mol. The Morgan fingerprint density at radius 1 is 0.311 bits per heavy atom. The number of hydrogen-bond acceptors (Lipinski definition) is 2. The van der Waals surface area contributed by atoms with Gasteiger partial charge in [0.05, 0.1) is 16.7 Å². The molecule has 2 aromatic heterocycles. The molecule has 0 saturated heterocycles. The van der Waals surface area contributed by atoms with Gasteiger partial charge in [-0.1, -0.05) is 158 Å². The van der Waals surface area contributed by atoms with E-state index in [-0.39, 0.29) is 0 Å². The van der Waals surface area contributed by atoms with Crippen molar-refractivity contribution in [2.45, 2.75) is 0 Å². The molecule has 0 atom stereocenters. The van der Waals surface area contributed by atoms with E-state index in [1.54, 1.807) is 0 Å². The average Bonchev–Trinajstić information content (AvgIpc) is 3.88. The van der Waals surface area contributed by atoms with E-state index in [0.717, 1.165) is 17.1 Å². The summed E-state index contributed by atoms with van der Waals surface area (Å²) in [6.07, 6.45) is 0. The maximum Gasteiger partial charge on any atom is 0.0541 e. The maximum absolute atomic E-state index is 2.41. The van der Waals surface area contributed by atoms with Gasteiger partial charge in [0.15, 0.2) is 0 Å². The molecular weight excluding hydrogens is 757 g/mol. The number of benzene rings is 10. The van der Waals surface area contributed by atoms with Crippen molar-refractivity contribution < 1.29 is 0 Å². The maximum atomic E-state index is 2.41. The molecule has 12 aromatic rings. The van der Waals surface area contributed by atoms with Crippen molar-refractivity contribution in [2.75, 3.05) is 4.90 Å². The second-order valence-corrected chi connectivity index (χ2v) is 16.8. The lowest BCUT2D eigenvalue weighted by molar-refractivity contribution is 1.18. The minimum atomic E-state index is 1.11. The van der Waals surface area contributed by atoms with Gasteiger partial charge in [-0.2, -0.15) is 0 Å². The van der Waals surface area contributed by atoms with Gasteiger partial charge in [-0.15, -0.1) is 11.3 Å². The molecule has 10 aromatic carbocycles. The molecule has 0 aliphatic heterocycles. The van der Waals surface area contributed by atoms with E-state index in [0.29, 0.717) is 0 Å². The first kappa shape index (κ1) is 35.2. The van der Waals surface area contributed by atoms with Crippen molar-refractivity contribution in [3.05, 3.63) is 231 Å². The zero-order valence-corrected chi connectivity index (χ0v) is 34.1. The largest absolute Gasteiger partial charge is 0.310 e. The molecule has 12 rings (SSSR count). The molecule has 2 nitrogen and oxygen atoms in total. The average molecular weight is 795 g/mol. The predicted octanol–water partition coefficient (Wildman–Crippen LogP) is 16.8. The van der Waals surface area contributed by atoms with Crippen molar-refractivity contribution in [1.29, 1.82) is 0 Å². The standard InChI is InChI=1S/C58H38N2S/c1-2-12-44-37-45(26-23-39(44)11-1)42-29-33-47(34-30-42)59(48-35-36-58-53(38-48)52-16-6-10-20-57(52)61-58)46-31-27-41(28-32-46)40-21-24-43(25-22-40)49-13-3-7-17-54(49)60-55-18-8-4-14-50(55)51-15-5-9-19-56(51)60/h1-38H. The van der Waals surface area contributed by atoms with Gasteiger partial charge in [0.2, 0.25) is 0 Å². The minimum absolute atomic E-state index is 1.11. The molecule has 3 heteroatoms. The Bertz CT molecular complexity index is 3520. The molecule has 0 N–H and O–H groups in total. The summed E-state index contributed by atoms with van der Waals surface area (Å²) >= 11 is 1.85. The Hall–Kier alpha value is -7.72. The predicted molar refractivity (Wildman–Crippen MR) is 262 cm³/mol. The fourth-order valence-electron chi connectivity index (χ4n) is 9.21. The summed E-state index contributed by atoms with van der Waals surface area (Å²) in [6, 6.07) is 84.2. The third-order valence-corrected chi connectivity index (χ3v) is 13.4. The summed E-state index contributed by atoms with van der Waals surface area (Å²) < 4.78 is 5.02. The third-order valence-electron chi connectivity index (χ3n) is 12.2. The van der Waals surface area contributed by atoms with E-state index in [1.165, 1.54) is 91.8 Å². The lowest BCUT2D eigenvalue weighted by atomic mass is 9.98. The summed E-state index contributed by atoms with van der Waals surface area (Å²) in [5, 5.41) is 7.62. The number of rotatable bonds is 7. The summed E-state index contributed by atoms with van der Waals surface area (Å²) in [5.74, 6) is 0. The highest BCUT2D eigenvalue weighted by Gasteiger charge is 2.17. The van der Waals surface area contributed by atoms with Crippen LogP contribution in [0.4, 0.5) is 17.1 Å². The number of anilines is 3. The first-order valence-electron chi connectivity index (χ1n) is 20.8. The zero-order valence-electron chi connectivity index (χ0n) is 33.2. The van der Waals surface area contributed by atoms with Gasteiger partial charge in [-0.05, 0) is 111 Å². The zero-order chi connectivity index (χ0) is 40.3. The summed E-state index contributed by atoms with van der Waals surface area (Å²) in [7, 11) is 0. The highest BCUT2D eigenvalue weighted by molar-refractivity contribution is 7.25. The van der Waals surface area contributed by atoms with E-state index in [2.05, 4.69) is 240 Å². The molecule has 61 heavy (non-hydrogen) atoms.